The van der Waals surface area contributed by atoms with Crippen LogP contribution in [0.4, 0.5) is 5.69 Å². The highest BCUT2D eigenvalue weighted by Gasteiger charge is 2.26. The zero-order chi connectivity index (χ0) is 17.3. The van der Waals surface area contributed by atoms with Crippen LogP contribution in [0.3, 0.4) is 0 Å². The summed E-state index contributed by atoms with van der Waals surface area (Å²) < 4.78 is 30.2. The number of hydrogen-bond donors (Lipinski definition) is 1. The van der Waals surface area contributed by atoms with Crippen molar-refractivity contribution < 1.29 is 17.6 Å². The van der Waals surface area contributed by atoms with Gasteiger partial charge in [-0.3, -0.25) is 9.10 Å². The Morgan fingerprint density at radius 1 is 1.38 bits per heavy atom. The molecule has 2 heterocycles. The lowest BCUT2D eigenvalue weighted by Gasteiger charge is -2.17. The van der Waals surface area contributed by atoms with Crippen molar-refractivity contribution >= 4 is 21.6 Å². The summed E-state index contributed by atoms with van der Waals surface area (Å²) >= 11 is 0. The fourth-order valence-corrected chi connectivity index (χ4v) is 3.90. The number of anilines is 1. The summed E-state index contributed by atoms with van der Waals surface area (Å²) in [4.78, 5) is 12.4. The van der Waals surface area contributed by atoms with E-state index in [2.05, 4.69) is 5.32 Å². The second-order valence-electron chi connectivity index (χ2n) is 6.09. The van der Waals surface area contributed by atoms with E-state index in [0.717, 1.165) is 11.3 Å². The van der Waals surface area contributed by atoms with Crippen LogP contribution in [-0.2, 0) is 22.9 Å². The van der Waals surface area contributed by atoms with Crippen LogP contribution < -0.4 is 9.62 Å². The van der Waals surface area contributed by atoms with Gasteiger partial charge in [-0.15, -0.1) is 0 Å². The number of rotatable bonds is 5. The zero-order valence-electron chi connectivity index (χ0n) is 13.7. The fourth-order valence-electron chi connectivity index (χ4n) is 2.95. The fraction of sp³-hybridized carbons (Fsp3) is 0.353. The molecule has 0 fully saturated rings. The van der Waals surface area contributed by atoms with Gasteiger partial charge in [0.15, 0.2) is 0 Å². The molecule has 1 atom stereocenters. The van der Waals surface area contributed by atoms with Crippen LogP contribution in [0.5, 0.6) is 0 Å². The Labute approximate surface area is 141 Å². The van der Waals surface area contributed by atoms with E-state index in [1.54, 1.807) is 24.5 Å². The molecular formula is C17H20N2O4S. The van der Waals surface area contributed by atoms with E-state index in [4.69, 9.17) is 4.42 Å². The van der Waals surface area contributed by atoms with E-state index < -0.39 is 10.0 Å². The monoisotopic (exact) mass is 348 g/mol. The van der Waals surface area contributed by atoms with Crippen LogP contribution in [0.1, 0.15) is 28.6 Å². The van der Waals surface area contributed by atoms with E-state index in [-0.39, 0.29) is 11.9 Å². The quantitative estimate of drug-likeness (QED) is 0.896. The van der Waals surface area contributed by atoms with Crippen molar-refractivity contribution in [3.8, 4) is 0 Å². The minimum absolute atomic E-state index is 0.0653. The third-order valence-electron chi connectivity index (χ3n) is 4.06. The molecule has 0 saturated heterocycles. The Hall–Kier alpha value is -2.28. The maximum Gasteiger partial charge on any atom is 0.251 e. The molecule has 1 aliphatic rings. The van der Waals surface area contributed by atoms with Crippen LogP contribution in [0.25, 0.3) is 0 Å². The minimum Gasteiger partial charge on any atom is -0.469 e. The van der Waals surface area contributed by atoms with Crippen LogP contribution in [0.2, 0.25) is 0 Å². The van der Waals surface area contributed by atoms with Crippen molar-refractivity contribution in [3.63, 3.8) is 0 Å². The highest BCUT2D eigenvalue weighted by Crippen LogP contribution is 2.30. The first-order chi connectivity index (χ1) is 11.3. The lowest BCUT2D eigenvalue weighted by molar-refractivity contribution is 0.0939. The maximum atomic E-state index is 12.4. The first kappa shape index (κ1) is 16.6. The predicted molar refractivity (Wildman–Crippen MR) is 91.7 cm³/mol. The van der Waals surface area contributed by atoms with Gasteiger partial charge in [-0.1, -0.05) is 0 Å². The topological polar surface area (TPSA) is 79.6 Å². The van der Waals surface area contributed by atoms with E-state index in [0.29, 0.717) is 30.6 Å². The van der Waals surface area contributed by atoms with Gasteiger partial charge in [-0.25, -0.2) is 8.42 Å². The van der Waals surface area contributed by atoms with Gasteiger partial charge in [0.25, 0.3) is 5.91 Å². The molecule has 0 saturated carbocycles. The van der Waals surface area contributed by atoms with Gasteiger partial charge in [0.05, 0.1) is 18.2 Å². The second kappa shape index (κ2) is 6.32. The van der Waals surface area contributed by atoms with E-state index in [9.17, 15) is 13.2 Å². The van der Waals surface area contributed by atoms with Crippen LogP contribution in [0.15, 0.2) is 41.0 Å². The van der Waals surface area contributed by atoms with Gasteiger partial charge in [0.2, 0.25) is 10.0 Å². The summed E-state index contributed by atoms with van der Waals surface area (Å²) in [6.07, 6.45) is 4.04. The molecule has 2 aromatic rings. The minimum atomic E-state index is -3.27. The SMILES string of the molecule is C[C@H](Cc1ccco1)NC(=O)c1ccc2c(c1)CCN2S(C)(=O)=O. The van der Waals surface area contributed by atoms with Crippen LogP contribution in [-0.4, -0.2) is 33.2 Å². The van der Waals surface area contributed by atoms with Crippen molar-refractivity contribution in [1.82, 2.24) is 5.32 Å². The summed E-state index contributed by atoms with van der Waals surface area (Å²) in [6.45, 7) is 2.34. The van der Waals surface area contributed by atoms with Gasteiger partial charge in [-0.05, 0) is 49.2 Å². The molecule has 0 unspecified atom stereocenters. The van der Waals surface area contributed by atoms with E-state index in [1.165, 1.54) is 10.6 Å². The lowest BCUT2D eigenvalue weighted by atomic mass is 10.1. The van der Waals surface area contributed by atoms with Gasteiger partial charge in [0, 0.05) is 24.6 Å². The molecule has 128 valence electrons. The number of nitrogens with zero attached hydrogens (tertiary/aromatic N) is 1. The molecule has 0 bridgehead atoms. The average Bonchev–Trinajstić information content (AvgIpc) is 3.14. The molecule has 1 aromatic heterocycles. The maximum absolute atomic E-state index is 12.4. The molecular weight excluding hydrogens is 328 g/mol. The second-order valence-corrected chi connectivity index (χ2v) is 7.99. The van der Waals surface area contributed by atoms with Gasteiger partial charge >= 0.3 is 0 Å². The van der Waals surface area contributed by atoms with Crippen molar-refractivity contribution in [1.29, 1.82) is 0 Å². The lowest BCUT2D eigenvalue weighted by Crippen LogP contribution is -2.34. The smallest absolute Gasteiger partial charge is 0.251 e. The summed E-state index contributed by atoms with van der Waals surface area (Å²) in [7, 11) is -3.27. The standard InChI is InChI=1S/C17H20N2O4S/c1-12(10-15-4-3-9-23-15)18-17(20)14-5-6-16-13(11-14)7-8-19(16)24(2,21)22/h3-6,9,11-12H,7-8,10H2,1-2H3,(H,18,20)/t12-/m1/s1. The third kappa shape index (κ3) is 3.46. The number of benzene rings is 1. The Morgan fingerprint density at radius 2 is 2.17 bits per heavy atom. The number of hydrogen-bond acceptors (Lipinski definition) is 4. The average molecular weight is 348 g/mol. The van der Waals surface area contributed by atoms with Crippen LogP contribution >= 0.6 is 0 Å². The number of amides is 1. The van der Waals surface area contributed by atoms with Crippen molar-refractivity contribution in [2.24, 2.45) is 0 Å². The zero-order valence-corrected chi connectivity index (χ0v) is 14.5. The Kier molecular flexibility index (Phi) is 4.36. The van der Waals surface area contributed by atoms with Crippen molar-refractivity contribution in [3.05, 3.63) is 53.5 Å². The van der Waals surface area contributed by atoms with Gasteiger partial charge in [0.1, 0.15) is 5.76 Å². The van der Waals surface area contributed by atoms with Crippen molar-refractivity contribution in [2.45, 2.75) is 25.8 Å². The Bertz CT molecular complexity index is 843. The highest BCUT2D eigenvalue weighted by molar-refractivity contribution is 7.92. The summed E-state index contributed by atoms with van der Waals surface area (Å²) in [6, 6.07) is 8.77. The number of carbonyl (C=O) groups is 1. The molecule has 1 aromatic carbocycles. The molecule has 1 amide bonds. The largest absolute Gasteiger partial charge is 0.469 e. The highest BCUT2D eigenvalue weighted by atomic mass is 32.2. The van der Waals surface area contributed by atoms with E-state index >= 15 is 0 Å². The van der Waals surface area contributed by atoms with Gasteiger partial charge < -0.3 is 9.73 Å². The third-order valence-corrected chi connectivity index (χ3v) is 5.24. The number of sulfonamides is 1. The van der Waals surface area contributed by atoms with Crippen molar-refractivity contribution in [2.75, 3.05) is 17.1 Å². The van der Waals surface area contributed by atoms with E-state index in [1.807, 2.05) is 19.1 Å². The summed E-state index contributed by atoms with van der Waals surface area (Å²) in [5, 5.41) is 2.94. The number of carbonyl (C=O) groups excluding carboxylic acids is 1. The first-order valence-corrected chi connectivity index (χ1v) is 9.63. The molecule has 0 radical (unpaired) electrons. The number of nitrogens with one attached hydrogen (secondary N) is 1. The summed E-state index contributed by atoms with van der Waals surface area (Å²) in [5.74, 6) is 0.648. The Balaban J connectivity index is 1.71. The molecule has 3 rings (SSSR count). The number of fused-ring (bicyclic) bond motifs is 1. The number of furan rings is 1. The summed E-state index contributed by atoms with van der Waals surface area (Å²) in [5.41, 5.74) is 2.08. The first-order valence-electron chi connectivity index (χ1n) is 7.78. The molecule has 0 spiro atoms. The normalized spacial score (nSPS) is 15.2. The molecule has 0 aliphatic carbocycles. The Morgan fingerprint density at radius 3 is 2.83 bits per heavy atom. The molecule has 6 nitrogen and oxygen atoms in total. The van der Waals surface area contributed by atoms with Crippen LogP contribution in [0, 0.1) is 0 Å². The molecule has 7 heteroatoms. The molecule has 1 N–H and O–H groups in total. The van der Waals surface area contributed by atoms with Gasteiger partial charge in [-0.2, -0.15) is 0 Å². The molecule has 24 heavy (non-hydrogen) atoms. The molecule has 1 aliphatic heterocycles. The predicted octanol–water partition coefficient (Wildman–Crippen LogP) is 1.96.